The number of hydrogen-bond donors (Lipinski definition) is 1. The maximum Gasteiger partial charge on any atom is 0.225 e. The van der Waals surface area contributed by atoms with Crippen molar-refractivity contribution in [1.82, 2.24) is 14.9 Å². The van der Waals surface area contributed by atoms with E-state index in [1.807, 2.05) is 35.2 Å². The minimum absolute atomic E-state index is 0.0743. The van der Waals surface area contributed by atoms with E-state index in [9.17, 15) is 4.79 Å². The molecule has 2 rings (SSSR count). The van der Waals surface area contributed by atoms with Crippen molar-refractivity contribution in [2.45, 2.75) is 19.9 Å². The lowest BCUT2D eigenvalue weighted by Crippen LogP contribution is -2.28. The predicted octanol–water partition coefficient (Wildman–Crippen LogP) is 1.61. The van der Waals surface area contributed by atoms with Crippen molar-refractivity contribution in [3.63, 3.8) is 0 Å². The van der Waals surface area contributed by atoms with Gasteiger partial charge in [-0.25, -0.2) is 4.98 Å². The van der Waals surface area contributed by atoms with Gasteiger partial charge in [0.2, 0.25) is 5.91 Å². The van der Waals surface area contributed by atoms with E-state index in [1.165, 1.54) is 0 Å². The molecule has 2 heterocycles. The summed E-state index contributed by atoms with van der Waals surface area (Å²) >= 11 is 1.61. The molecule has 2 aromatic heterocycles. The van der Waals surface area contributed by atoms with Gasteiger partial charge in [0.05, 0.1) is 6.42 Å². The van der Waals surface area contributed by atoms with Gasteiger partial charge in [0.25, 0.3) is 0 Å². The lowest BCUT2D eigenvalue weighted by molar-refractivity contribution is -0.120. The van der Waals surface area contributed by atoms with Gasteiger partial charge in [0.15, 0.2) is 0 Å². The third-order valence-electron chi connectivity index (χ3n) is 2.51. The fourth-order valence-electron chi connectivity index (χ4n) is 1.59. The van der Waals surface area contributed by atoms with Gasteiger partial charge in [0, 0.05) is 30.4 Å². The Balaban J connectivity index is 1.72. The standard InChI is InChI=1S/C12H15N3OS/c1-10-13-4-6-15(10)7-5-14-12(16)9-11-3-2-8-17-11/h2-4,6,8H,5,7,9H2,1H3,(H,14,16). The smallest absolute Gasteiger partial charge is 0.225 e. The molecular weight excluding hydrogens is 234 g/mol. The Morgan fingerprint density at radius 1 is 1.59 bits per heavy atom. The van der Waals surface area contributed by atoms with Crippen LogP contribution >= 0.6 is 11.3 Å². The first-order valence-corrected chi connectivity index (χ1v) is 6.40. The van der Waals surface area contributed by atoms with Crippen LogP contribution in [0.5, 0.6) is 0 Å². The number of imidazole rings is 1. The molecule has 0 aromatic carbocycles. The Hall–Kier alpha value is -1.62. The molecule has 5 heteroatoms. The van der Waals surface area contributed by atoms with Crippen LogP contribution in [-0.4, -0.2) is 22.0 Å². The molecule has 0 unspecified atom stereocenters. The predicted molar refractivity (Wildman–Crippen MR) is 68.0 cm³/mol. The van der Waals surface area contributed by atoms with E-state index in [2.05, 4.69) is 10.3 Å². The zero-order valence-electron chi connectivity index (χ0n) is 9.72. The van der Waals surface area contributed by atoms with Crippen LogP contribution in [0.3, 0.4) is 0 Å². The van der Waals surface area contributed by atoms with E-state index >= 15 is 0 Å². The molecule has 0 fully saturated rings. The van der Waals surface area contributed by atoms with Gasteiger partial charge in [-0.05, 0) is 18.4 Å². The maximum absolute atomic E-state index is 11.6. The van der Waals surface area contributed by atoms with Crippen molar-refractivity contribution in [2.75, 3.05) is 6.54 Å². The zero-order valence-corrected chi connectivity index (χ0v) is 10.5. The number of amides is 1. The molecule has 0 bridgehead atoms. The summed E-state index contributed by atoms with van der Waals surface area (Å²) in [5, 5.41) is 4.89. The van der Waals surface area contributed by atoms with E-state index in [-0.39, 0.29) is 5.91 Å². The van der Waals surface area contributed by atoms with Gasteiger partial charge in [-0.3, -0.25) is 4.79 Å². The molecule has 4 nitrogen and oxygen atoms in total. The number of thiophene rings is 1. The number of hydrogen-bond acceptors (Lipinski definition) is 3. The van der Waals surface area contributed by atoms with Crippen molar-refractivity contribution < 1.29 is 4.79 Å². The number of carbonyl (C=O) groups is 1. The Labute approximate surface area is 104 Å². The molecule has 2 aromatic rings. The minimum atomic E-state index is 0.0743. The highest BCUT2D eigenvalue weighted by molar-refractivity contribution is 7.10. The van der Waals surface area contributed by atoms with Crippen LogP contribution in [0.25, 0.3) is 0 Å². The monoisotopic (exact) mass is 249 g/mol. The number of nitrogens with one attached hydrogen (secondary N) is 1. The summed E-state index contributed by atoms with van der Waals surface area (Å²) in [4.78, 5) is 16.8. The number of rotatable bonds is 5. The van der Waals surface area contributed by atoms with E-state index in [0.29, 0.717) is 13.0 Å². The first-order chi connectivity index (χ1) is 8.25. The molecule has 0 aliphatic carbocycles. The highest BCUT2D eigenvalue weighted by atomic mass is 32.1. The molecule has 0 saturated carbocycles. The zero-order chi connectivity index (χ0) is 12.1. The third-order valence-corrected chi connectivity index (χ3v) is 3.39. The van der Waals surface area contributed by atoms with Gasteiger partial charge in [-0.15, -0.1) is 11.3 Å². The van der Waals surface area contributed by atoms with Gasteiger partial charge in [-0.2, -0.15) is 0 Å². The number of nitrogens with zero attached hydrogens (tertiary/aromatic N) is 2. The van der Waals surface area contributed by atoms with Crippen molar-refractivity contribution in [1.29, 1.82) is 0 Å². The molecule has 1 N–H and O–H groups in total. The van der Waals surface area contributed by atoms with E-state index < -0.39 is 0 Å². The molecule has 0 aliphatic rings. The Bertz CT molecular complexity index is 476. The van der Waals surface area contributed by atoms with Gasteiger partial charge in [0.1, 0.15) is 5.82 Å². The van der Waals surface area contributed by atoms with Crippen molar-refractivity contribution in [3.05, 3.63) is 40.6 Å². The molecule has 1 amide bonds. The summed E-state index contributed by atoms with van der Waals surface area (Å²) in [6, 6.07) is 3.94. The number of aryl methyl sites for hydroxylation is 1. The summed E-state index contributed by atoms with van der Waals surface area (Å²) in [7, 11) is 0. The second kappa shape index (κ2) is 5.63. The van der Waals surface area contributed by atoms with Crippen LogP contribution in [0.15, 0.2) is 29.9 Å². The minimum Gasteiger partial charge on any atom is -0.354 e. The molecule has 0 spiro atoms. The summed E-state index contributed by atoms with van der Waals surface area (Å²) in [6.07, 6.45) is 4.16. The third kappa shape index (κ3) is 3.42. The molecule has 0 radical (unpaired) electrons. The fraction of sp³-hybridized carbons (Fsp3) is 0.333. The molecule has 90 valence electrons. The van der Waals surface area contributed by atoms with Crippen LogP contribution in [0, 0.1) is 6.92 Å². The van der Waals surface area contributed by atoms with Crippen LogP contribution in [-0.2, 0) is 17.8 Å². The average Bonchev–Trinajstić information content (AvgIpc) is 2.91. The van der Waals surface area contributed by atoms with Crippen LogP contribution in [0.2, 0.25) is 0 Å². The van der Waals surface area contributed by atoms with Crippen LogP contribution in [0.4, 0.5) is 0 Å². The first kappa shape index (κ1) is 11.9. The van der Waals surface area contributed by atoms with Gasteiger partial charge < -0.3 is 9.88 Å². The Morgan fingerprint density at radius 3 is 3.12 bits per heavy atom. The van der Waals surface area contributed by atoms with Crippen LogP contribution in [0.1, 0.15) is 10.7 Å². The normalized spacial score (nSPS) is 10.4. The van der Waals surface area contributed by atoms with E-state index in [1.54, 1.807) is 17.5 Å². The summed E-state index contributed by atoms with van der Waals surface area (Å²) in [5.41, 5.74) is 0. The SMILES string of the molecule is Cc1nccn1CCNC(=O)Cc1cccs1. The largest absolute Gasteiger partial charge is 0.354 e. The van der Waals surface area contributed by atoms with Gasteiger partial charge >= 0.3 is 0 Å². The molecule has 17 heavy (non-hydrogen) atoms. The average molecular weight is 249 g/mol. The topological polar surface area (TPSA) is 46.9 Å². The van der Waals surface area contributed by atoms with E-state index in [4.69, 9.17) is 0 Å². The second-order valence-corrected chi connectivity index (χ2v) is 4.81. The summed E-state index contributed by atoms with van der Waals surface area (Å²) in [6.45, 7) is 3.36. The number of carbonyl (C=O) groups excluding carboxylic acids is 1. The fourth-order valence-corrected chi connectivity index (χ4v) is 2.29. The Morgan fingerprint density at radius 2 is 2.47 bits per heavy atom. The van der Waals surface area contributed by atoms with Gasteiger partial charge in [-0.1, -0.05) is 6.07 Å². The summed E-state index contributed by atoms with van der Waals surface area (Å²) in [5.74, 6) is 1.04. The molecular formula is C12H15N3OS. The lowest BCUT2D eigenvalue weighted by Gasteiger charge is -2.06. The van der Waals surface area contributed by atoms with Crippen molar-refractivity contribution in [3.8, 4) is 0 Å². The molecule has 0 saturated heterocycles. The first-order valence-electron chi connectivity index (χ1n) is 5.52. The Kier molecular flexibility index (Phi) is 3.93. The highest BCUT2D eigenvalue weighted by Gasteiger charge is 2.03. The number of aromatic nitrogens is 2. The van der Waals surface area contributed by atoms with Crippen molar-refractivity contribution in [2.24, 2.45) is 0 Å². The van der Waals surface area contributed by atoms with Crippen LogP contribution < -0.4 is 5.32 Å². The lowest BCUT2D eigenvalue weighted by atomic mass is 10.3. The highest BCUT2D eigenvalue weighted by Crippen LogP contribution is 2.08. The maximum atomic E-state index is 11.6. The molecule has 0 atom stereocenters. The quantitative estimate of drug-likeness (QED) is 0.875. The summed E-state index contributed by atoms with van der Waals surface area (Å²) < 4.78 is 2.02. The van der Waals surface area contributed by atoms with Crippen molar-refractivity contribution >= 4 is 17.2 Å². The second-order valence-electron chi connectivity index (χ2n) is 3.77. The molecule has 0 aliphatic heterocycles. The van der Waals surface area contributed by atoms with E-state index in [0.717, 1.165) is 17.2 Å².